The van der Waals surface area contributed by atoms with Crippen molar-refractivity contribution in [1.29, 1.82) is 0 Å². The zero-order chi connectivity index (χ0) is 14.7. The van der Waals surface area contributed by atoms with Gasteiger partial charge in [-0.1, -0.05) is 28.1 Å². The van der Waals surface area contributed by atoms with Gasteiger partial charge in [-0.2, -0.15) is 0 Å². The normalized spacial score (nSPS) is 12.0. The monoisotopic (exact) mass is 413 g/mol. The molecule has 2 aromatic rings. The number of halogens is 2. The maximum atomic E-state index is 12.3. The summed E-state index contributed by atoms with van der Waals surface area (Å²) in [7, 11) is 0. The lowest BCUT2D eigenvalue weighted by molar-refractivity contribution is 0.0939. The third kappa shape index (κ3) is 3.87. The van der Waals surface area contributed by atoms with E-state index in [1.807, 2.05) is 43.3 Å². The lowest BCUT2D eigenvalue weighted by Gasteiger charge is -2.15. The average molecular weight is 415 g/mol. The standard InChI is InChI=1S/C15H13Br2NOS/c1-9(10-2-4-11(16)5-3-10)18-15(19)13-8-12(20)6-7-14(13)17/h2-9,20H,1H3,(H,18,19). The fourth-order valence-corrected chi connectivity index (χ4v) is 2.69. The summed E-state index contributed by atoms with van der Waals surface area (Å²) in [6, 6.07) is 13.2. The van der Waals surface area contributed by atoms with Gasteiger partial charge in [0.05, 0.1) is 11.6 Å². The maximum absolute atomic E-state index is 12.3. The van der Waals surface area contributed by atoms with Crippen LogP contribution in [0, 0.1) is 0 Å². The first kappa shape index (κ1) is 15.6. The molecule has 2 rings (SSSR count). The average Bonchev–Trinajstić information content (AvgIpc) is 2.42. The second-order valence-electron chi connectivity index (χ2n) is 4.41. The molecular formula is C15H13Br2NOS. The number of hydrogen-bond acceptors (Lipinski definition) is 2. The van der Waals surface area contributed by atoms with Crippen LogP contribution >= 0.6 is 44.5 Å². The molecule has 1 atom stereocenters. The van der Waals surface area contributed by atoms with E-state index in [-0.39, 0.29) is 11.9 Å². The van der Waals surface area contributed by atoms with E-state index in [4.69, 9.17) is 0 Å². The van der Waals surface area contributed by atoms with Gasteiger partial charge in [0.1, 0.15) is 0 Å². The second kappa shape index (κ2) is 6.78. The summed E-state index contributed by atoms with van der Waals surface area (Å²) in [4.78, 5) is 13.0. The first-order valence-electron chi connectivity index (χ1n) is 6.02. The molecule has 0 aliphatic carbocycles. The summed E-state index contributed by atoms with van der Waals surface area (Å²) in [5.41, 5.74) is 1.64. The van der Waals surface area contributed by atoms with Crippen molar-refractivity contribution in [3.63, 3.8) is 0 Å². The number of benzene rings is 2. The van der Waals surface area contributed by atoms with Crippen LogP contribution in [0.1, 0.15) is 28.9 Å². The predicted octanol–water partition coefficient (Wildman–Crippen LogP) is 4.99. The Hall–Kier alpha value is -0.780. The quantitative estimate of drug-likeness (QED) is 0.680. The van der Waals surface area contributed by atoms with Crippen molar-refractivity contribution in [3.8, 4) is 0 Å². The van der Waals surface area contributed by atoms with Crippen molar-refractivity contribution in [1.82, 2.24) is 5.32 Å². The van der Waals surface area contributed by atoms with Gasteiger partial charge in [0.25, 0.3) is 5.91 Å². The molecule has 0 fully saturated rings. The lowest BCUT2D eigenvalue weighted by Crippen LogP contribution is -2.26. The van der Waals surface area contributed by atoms with E-state index in [1.54, 1.807) is 6.07 Å². The molecule has 0 aliphatic heterocycles. The van der Waals surface area contributed by atoms with Crippen molar-refractivity contribution in [2.45, 2.75) is 17.9 Å². The minimum absolute atomic E-state index is 0.0638. The Labute approximate surface area is 140 Å². The number of hydrogen-bond donors (Lipinski definition) is 2. The third-order valence-corrected chi connectivity index (χ3v) is 4.41. The maximum Gasteiger partial charge on any atom is 0.252 e. The van der Waals surface area contributed by atoms with Crippen LogP contribution < -0.4 is 5.32 Å². The van der Waals surface area contributed by atoms with Gasteiger partial charge in [-0.3, -0.25) is 4.79 Å². The Morgan fingerprint density at radius 2 is 1.80 bits per heavy atom. The van der Waals surface area contributed by atoms with E-state index >= 15 is 0 Å². The van der Waals surface area contributed by atoms with E-state index in [9.17, 15) is 4.79 Å². The Bertz CT molecular complexity index is 628. The highest BCUT2D eigenvalue weighted by molar-refractivity contribution is 9.10. The van der Waals surface area contributed by atoms with Crippen molar-refractivity contribution in [2.24, 2.45) is 0 Å². The highest BCUT2D eigenvalue weighted by atomic mass is 79.9. The first-order chi connectivity index (χ1) is 9.47. The van der Waals surface area contributed by atoms with E-state index in [0.29, 0.717) is 5.56 Å². The van der Waals surface area contributed by atoms with Gasteiger partial charge in [-0.05, 0) is 58.7 Å². The number of amides is 1. The molecule has 1 amide bonds. The molecule has 0 bridgehead atoms. The molecule has 0 saturated carbocycles. The molecule has 0 radical (unpaired) electrons. The zero-order valence-corrected chi connectivity index (χ0v) is 14.8. The molecular weight excluding hydrogens is 402 g/mol. The topological polar surface area (TPSA) is 29.1 Å². The Balaban J connectivity index is 2.15. The third-order valence-electron chi connectivity index (χ3n) is 2.91. The number of thiol groups is 1. The number of carbonyl (C=O) groups is 1. The molecule has 0 aromatic heterocycles. The summed E-state index contributed by atoms with van der Waals surface area (Å²) < 4.78 is 1.78. The summed E-state index contributed by atoms with van der Waals surface area (Å²) in [5, 5.41) is 2.98. The molecule has 2 aromatic carbocycles. The zero-order valence-electron chi connectivity index (χ0n) is 10.7. The van der Waals surface area contributed by atoms with E-state index in [0.717, 1.165) is 19.4 Å². The van der Waals surface area contributed by atoms with Crippen LogP contribution in [0.25, 0.3) is 0 Å². The Morgan fingerprint density at radius 1 is 1.15 bits per heavy atom. The Kier molecular flexibility index (Phi) is 5.29. The molecule has 1 unspecified atom stereocenters. The highest BCUT2D eigenvalue weighted by Crippen LogP contribution is 2.22. The van der Waals surface area contributed by atoms with Crippen LogP contribution in [0.5, 0.6) is 0 Å². The number of nitrogens with one attached hydrogen (secondary N) is 1. The molecule has 20 heavy (non-hydrogen) atoms. The molecule has 2 nitrogen and oxygen atoms in total. The van der Waals surface area contributed by atoms with Crippen LogP contribution in [0.15, 0.2) is 56.3 Å². The summed E-state index contributed by atoms with van der Waals surface area (Å²) in [5.74, 6) is -0.122. The van der Waals surface area contributed by atoms with Gasteiger partial charge in [0, 0.05) is 13.8 Å². The minimum atomic E-state index is -0.122. The molecule has 0 spiro atoms. The van der Waals surface area contributed by atoms with Gasteiger partial charge >= 0.3 is 0 Å². The fourth-order valence-electron chi connectivity index (χ4n) is 1.80. The largest absolute Gasteiger partial charge is 0.345 e. The van der Waals surface area contributed by atoms with Gasteiger partial charge in [-0.15, -0.1) is 12.6 Å². The molecule has 1 N–H and O–H groups in total. The van der Waals surface area contributed by atoms with Crippen molar-refractivity contribution >= 4 is 50.4 Å². The van der Waals surface area contributed by atoms with Crippen molar-refractivity contribution < 1.29 is 4.79 Å². The van der Waals surface area contributed by atoms with Crippen LogP contribution in [-0.2, 0) is 0 Å². The molecule has 0 heterocycles. The SMILES string of the molecule is CC(NC(=O)c1cc(S)ccc1Br)c1ccc(Br)cc1. The minimum Gasteiger partial charge on any atom is -0.345 e. The molecule has 104 valence electrons. The molecule has 0 aliphatic rings. The van der Waals surface area contributed by atoms with Gasteiger partial charge in [0.15, 0.2) is 0 Å². The second-order valence-corrected chi connectivity index (χ2v) is 6.70. The highest BCUT2D eigenvalue weighted by Gasteiger charge is 2.14. The Morgan fingerprint density at radius 3 is 2.45 bits per heavy atom. The van der Waals surface area contributed by atoms with Gasteiger partial charge in [-0.25, -0.2) is 0 Å². The van der Waals surface area contributed by atoms with Crippen LogP contribution in [0.3, 0.4) is 0 Å². The van der Waals surface area contributed by atoms with Crippen molar-refractivity contribution in [3.05, 3.63) is 62.5 Å². The lowest BCUT2D eigenvalue weighted by atomic mass is 10.1. The first-order valence-corrected chi connectivity index (χ1v) is 8.05. The number of carbonyl (C=O) groups excluding carboxylic acids is 1. The molecule has 5 heteroatoms. The van der Waals surface area contributed by atoms with Crippen LogP contribution in [0.2, 0.25) is 0 Å². The fraction of sp³-hybridized carbons (Fsp3) is 0.133. The predicted molar refractivity (Wildman–Crippen MR) is 91.4 cm³/mol. The number of rotatable bonds is 3. The smallest absolute Gasteiger partial charge is 0.252 e. The molecule has 0 saturated heterocycles. The summed E-state index contributed by atoms with van der Waals surface area (Å²) >= 11 is 11.0. The van der Waals surface area contributed by atoms with Crippen LogP contribution in [0.4, 0.5) is 0 Å². The van der Waals surface area contributed by atoms with Crippen molar-refractivity contribution in [2.75, 3.05) is 0 Å². The van der Waals surface area contributed by atoms with Gasteiger partial charge in [0.2, 0.25) is 0 Å². The van der Waals surface area contributed by atoms with Crippen LogP contribution in [-0.4, -0.2) is 5.91 Å². The van der Waals surface area contributed by atoms with Gasteiger partial charge < -0.3 is 5.32 Å². The van der Waals surface area contributed by atoms with E-state index in [2.05, 4.69) is 49.8 Å². The summed E-state index contributed by atoms with van der Waals surface area (Å²) in [6.07, 6.45) is 0. The van der Waals surface area contributed by atoms with E-state index < -0.39 is 0 Å². The summed E-state index contributed by atoms with van der Waals surface area (Å²) in [6.45, 7) is 1.96. The van der Waals surface area contributed by atoms with E-state index in [1.165, 1.54) is 0 Å².